The summed E-state index contributed by atoms with van der Waals surface area (Å²) in [4.78, 5) is 35.2. The van der Waals surface area contributed by atoms with Crippen LogP contribution in [-0.2, 0) is 14.4 Å². The molecule has 0 bridgehead atoms. The summed E-state index contributed by atoms with van der Waals surface area (Å²) in [7, 11) is 0. The van der Waals surface area contributed by atoms with Gasteiger partial charge in [0.2, 0.25) is 11.8 Å². The average Bonchev–Trinajstić information content (AvgIpc) is 2.89. The van der Waals surface area contributed by atoms with E-state index in [9.17, 15) is 14.4 Å². The molecule has 1 aliphatic heterocycles. The van der Waals surface area contributed by atoms with Gasteiger partial charge in [0.25, 0.3) is 0 Å². The van der Waals surface area contributed by atoms with Crippen molar-refractivity contribution < 1.29 is 14.4 Å². The first-order chi connectivity index (χ1) is 9.32. The number of hydrogen-bond donors (Lipinski definition) is 4. The van der Waals surface area contributed by atoms with Crippen molar-refractivity contribution in [3.05, 3.63) is 0 Å². The van der Waals surface area contributed by atoms with Crippen LogP contribution in [0.2, 0.25) is 0 Å². The zero-order valence-electron chi connectivity index (χ0n) is 12.0. The summed E-state index contributed by atoms with van der Waals surface area (Å²) < 4.78 is 0. The standard InChI is InChI=1S/C13H24N4O3/c1-7(2)6-9(11(18)10(14)12(15)19)17-13(20)8-4-3-5-16-8/h7-10,16H,3-6,14H2,1-2H3,(H2,15,19)(H,17,20)/t8-,9?,10?/m0/s1. The molecular formula is C13H24N4O3. The Hall–Kier alpha value is -1.47. The van der Waals surface area contributed by atoms with E-state index in [0.29, 0.717) is 6.42 Å². The Balaban J connectivity index is 2.70. The predicted molar refractivity (Wildman–Crippen MR) is 74.6 cm³/mol. The van der Waals surface area contributed by atoms with Gasteiger partial charge in [0, 0.05) is 0 Å². The number of nitrogens with one attached hydrogen (secondary N) is 2. The maximum atomic E-state index is 12.1. The number of Topliss-reactive ketones (excluding diaryl/α,β-unsaturated/α-hetero) is 1. The molecule has 0 aromatic carbocycles. The van der Waals surface area contributed by atoms with Crippen molar-refractivity contribution in [2.45, 2.75) is 51.2 Å². The summed E-state index contributed by atoms with van der Waals surface area (Å²) in [6.45, 7) is 4.65. The number of primary amides is 1. The van der Waals surface area contributed by atoms with Gasteiger partial charge in [0.05, 0.1) is 12.1 Å². The fourth-order valence-electron chi connectivity index (χ4n) is 2.26. The molecule has 1 heterocycles. The fourth-order valence-corrected chi connectivity index (χ4v) is 2.26. The number of nitrogens with two attached hydrogens (primary N) is 2. The summed E-state index contributed by atoms with van der Waals surface area (Å²) in [5.41, 5.74) is 10.5. The van der Waals surface area contributed by atoms with Gasteiger partial charge in [-0.05, 0) is 31.7 Å². The Labute approximate surface area is 118 Å². The van der Waals surface area contributed by atoms with Gasteiger partial charge in [0.15, 0.2) is 5.78 Å². The number of ketones is 1. The maximum absolute atomic E-state index is 12.1. The molecule has 0 spiro atoms. The second-order valence-electron chi connectivity index (χ2n) is 5.62. The summed E-state index contributed by atoms with van der Waals surface area (Å²) >= 11 is 0. The SMILES string of the molecule is CC(C)CC(NC(=O)[C@@H]1CCCN1)C(=O)C(N)C(N)=O. The molecule has 114 valence electrons. The largest absolute Gasteiger partial charge is 0.368 e. The molecule has 2 amide bonds. The summed E-state index contributed by atoms with van der Waals surface area (Å²) in [5, 5.41) is 5.75. The van der Waals surface area contributed by atoms with Crippen molar-refractivity contribution >= 4 is 17.6 Å². The second-order valence-corrected chi connectivity index (χ2v) is 5.62. The number of amides is 2. The Bertz CT molecular complexity index is 378. The van der Waals surface area contributed by atoms with Crippen LogP contribution in [0.5, 0.6) is 0 Å². The van der Waals surface area contributed by atoms with Crippen molar-refractivity contribution in [2.24, 2.45) is 17.4 Å². The zero-order chi connectivity index (χ0) is 15.3. The van der Waals surface area contributed by atoms with E-state index in [1.54, 1.807) is 0 Å². The van der Waals surface area contributed by atoms with E-state index in [1.165, 1.54) is 0 Å². The lowest BCUT2D eigenvalue weighted by molar-refractivity contribution is -0.133. The molecule has 6 N–H and O–H groups in total. The molecule has 7 nitrogen and oxygen atoms in total. The minimum atomic E-state index is -1.38. The minimum absolute atomic E-state index is 0.181. The van der Waals surface area contributed by atoms with Crippen LogP contribution < -0.4 is 22.1 Å². The van der Waals surface area contributed by atoms with Gasteiger partial charge in [-0.15, -0.1) is 0 Å². The van der Waals surface area contributed by atoms with Crippen LogP contribution in [0.4, 0.5) is 0 Å². The van der Waals surface area contributed by atoms with Gasteiger partial charge in [-0.25, -0.2) is 0 Å². The minimum Gasteiger partial charge on any atom is -0.368 e. The molecule has 3 atom stereocenters. The van der Waals surface area contributed by atoms with Gasteiger partial charge in [-0.1, -0.05) is 13.8 Å². The van der Waals surface area contributed by atoms with Crippen LogP contribution in [0.25, 0.3) is 0 Å². The van der Waals surface area contributed by atoms with E-state index in [2.05, 4.69) is 10.6 Å². The normalized spacial score (nSPS) is 21.5. The molecule has 0 radical (unpaired) electrons. The lowest BCUT2D eigenvalue weighted by Crippen LogP contribution is -2.55. The van der Waals surface area contributed by atoms with Crippen molar-refractivity contribution in [1.82, 2.24) is 10.6 Å². The molecular weight excluding hydrogens is 260 g/mol. The lowest BCUT2D eigenvalue weighted by atomic mass is 9.96. The molecule has 0 aliphatic carbocycles. The van der Waals surface area contributed by atoms with Gasteiger partial charge in [-0.3, -0.25) is 14.4 Å². The highest BCUT2D eigenvalue weighted by Gasteiger charge is 2.32. The van der Waals surface area contributed by atoms with Crippen molar-refractivity contribution in [2.75, 3.05) is 6.54 Å². The van der Waals surface area contributed by atoms with Crippen LogP contribution in [-0.4, -0.2) is 42.3 Å². The van der Waals surface area contributed by atoms with Crippen LogP contribution >= 0.6 is 0 Å². The summed E-state index contributed by atoms with van der Waals surface area (Å²) in [6.07, 6.45) is 2.11. The third kappa shape index (κ3) is 4.57. The number of hydrogen-bond acceptors (Lipinski definition) is 5. The average molecular weight is 284 g/mol. The Kier molecular flexibility index (Phi) is 6.09. The van der Waals surface area contributed by atoms with E-state index in [4.69, 9.17) is 11.5 Å². The van der Waals surface area contributed by atoms with Gasteiger partial charge >= 0.3 is 0 Å². The molecule has 7 heteroatoms. The first kappa shape index (κ1) is 16.6. The van der Waals surface area contributed by atoms with E-state index in [0.717, 1.165) is 19.4 Å². The summed E-state index contributed by atoms with van der Waals surface area (Å²) in [6, 6.07) is -2.43. The van der Waals surface area contributed by atoms with Crippen molar-refractivity contribution in [3.8, 4) is 0 Å². The van der Waals surface area contributed by atoms with E-state index in [-0.39, 0.29) is 17.9 Å². The molecule has 0 saturated carbocycles. The molecule has 1 aliphatic rings. The first-order valence-corrected chi connectivity index (χ1v) is 6.95. The second kappa shape index (κ2) is 7.35. The number of rotatable bonds is 7. The highest BCUT2D eigenvalue weighted by Crippen LogP contribution is 2.10. The Morgan fingerprint density at radius 2 is 2.00 bits per heavy atom. The fraction of sp³-hybridized carbons (Fsp3) is 0.769. The molecule has 1 fully saturated rings. The number of carbonyl (C=O) groups excluding carboxylic acids is 3. The van der Waals surface area contributed by atoms with Gasteiger partial charge < -0.3 is 22.1 Å². The molecule has 0 aromatic rings. The Morgan fingerprint density at radius 3 is 2.45 bits per heavy atom. The Morgan fingerprint density at radius 1 is 1.35 bits per heavy atom. The molecule has 0 aromatic heterocycles. The summed E-state index contributed by atoms with van der Waals surface area (Å²) in [5.74, 6) is -1.45. The van der Waals surface area contributed by atoms with Gasteiger partial charge in [0.1, 0.15) is 6.04 Å². The van der Waals surface area contributed by atoms with Crippen molar-refractivity contribution in [1.29, 1.82) is 0 Å². The third-order valence-electron chi connectivity index (χ3n) is 3.36. The number of carbonyl (C=O) groups is 3. The highest BCUT2D eigenvalue weighted by atomic mass is 16.2. The van der Waals surface area contributed by atoms with Crippen LogP contribution in [0.3, 0.4) is 0 Å². The zero-order valence-corrected chi connectivity index (χ0v) is 12.0. The lowest BCUT2D eigenvalue weighted by Gasteiger charge is -2.23. The van der Waals surface area contributed by atoms with Crippen molar-refractivity contribution in [3.63, 3.8) is 0 Å². The van der Waals surface area contributed by atoms with E-state index < -0.39 is 23.8 Å². The van der Waals surface area contributed by atoms with Crippen LogP contribution in [0, 0.1) is 5.92 Å². The van der Waals surface area contributed by atoms with Crippen LogP contribution in [0.15, 0.2) is 0 Å². The van der Waals surface area contributed by atoms with E-state index >= 15 is 0 Å². The third-order valence-corrected chi connectivity index (χ3v) is 3.36. The smallest absolute Gasteiger partial charge is 0.242 e. The van der Waals surface area contributed by atoms with Gasteiger partial charge in [-0.2, -0.15) is 0 Å². The molecule has 2 unspecified atom stereocenters. The maximum Gasteiger partial charge on any atom is 0.242 e. The molecule has 1 rings (SSSR count). The topological polar surface area (TPSA) is 127 Å². The highest BCUT2D eigenvalue weighted by molar-refractivity contribution is 6.07. The van der Waals surface area contributed by atoms with Crippen LogP contribution in [0.1, 0.15) is 33.1 Å². The monoisotopic (exact) mass is 284 g/mol. The quantitative estimate of drug-likeness (QED) is 0.430. The molecule has 1 saturated heterocycles. The molecule has 20 heavy (non-hydrogen) atoms. The van der Waals surface area contributed by atoms with E-state index in [1.807, 2.05) is 13.8 Å². The predicted octanol–water partition coefficient (Wildman–Crippen LogP) is -1.35. The first-order valence-electron chi connectivity index (χ1n) is 6.95.